The molecule has 4 aromatic carbocycles. The van der Waals surface area contributed by atoms with Crippen LogP contribution in [0.1, 0.15) is 138 Å². The summed E-state index contributed by atoms with van der Waals surface area (Å²) in [5.74, 6) is 0.958. The summed E-state index contributed by atoms with van der Waals surface area (Å²) in [5.41, 5.74) is 8.06. The molecule has 0 aliphatic rings. The summed E-state index contributed by atoms with van der Waals surface area (Å²) in [7, 11) is 0. The fourth-order valence-electron chi connectivity index (χ4n) is 7.43. The zero-order chi connectivity index (χ0) is 34.6. The summed E-state index contributed by atoms with van der Waals surface area (Å²) in [6, 6.07) is 29.7. The highest BCUT2D eigenvalue weighted by atomic mass is 16.1. The molecule has 0 spiro atoms. The second-order valence-electron chi connectivity index (χ2n) is 14.1. The maximum absolute atomic E-state index is 14.1. The number of carbonyl (C=O) groups excluding carboxylic acids is 2. The molecule has 0 amide bonds. The SMILES string of the molecule is CCCCCCC(=O)c1cc2c3cc(C(=O)CCCCCC)c(-c4ccccc4)cc3n(CC(CC)CCCC)c2cc1-c1ccccc1. The van der Waals surface area contributed by atoms with Gasteiger partial charge in [0.25, 0.3) is 0 Å². The molecule has 1 atom stereocenters. The first-order chi connectivity index (χ1) is 24.0. The van der Waals surface area contributed by atoms with Crippen molar-refractivity contribution in [2.75, 3.05) is 0 Å². The lowest BCUT2D eigenvalue weighted by Crippen LogP contribution is -2.11. The van der Waals surface area contributed by atoms with E-state index in [1.54, 1.807) is 0 Å². The van der Waals surface area contributed by atoms with Gasteiger partial charge in [0, 0.05) is 52.3 Å². The van der Waals surface area contributed by atoms with Crippen molar-refractivity contribution in [3.8, 4) is 22.3 Å². The van der Waals surface area contributed by atoms with Crippen molar-refractivity contribution in [2.24, 2.45) is 5.92 Å². The molecule has 3 heteroatoms. The number of rotatable bonds is 20. The Morgan fingerprint density at radius 1 is 0.551 bits per heavy atom. The molecule has 0 N–H and O–H groups in total. The molecule has 258 valence electrons. The van der Waals surface area contributed by atoms with Crippen molar-refractivity contribution >= 4 is 33.4 Å². The Morgan fingerprint density at radius 3 is 1.41 bits per heavy atom. The number of carbonyl (C=O) groups is 2. The van der Waals surface area contributed by atoms with Crippen LogP contribution < -0.4 is 0 Å². The molecule has 49 heavy (non-hydrogen) atoms. The molecule has 5 aromatic rings. The van der Waals surface area contributed by atoms with Gasteiger partial charge in [-0.3, -0.25) is 9.59 Å². The van der Waals surface area contributed by atoms with Crippen LogP contribution in [-0.2, 0) is 6.54 Å². The van der Waals surface area contributed by atoms with Crippen LogP contribution in [0.25, 0.3) is 44.1 Å². The minimum Gasteiger partial charge on any atom is -0.340 e. The molecule has 5 rings (SSSR count). The lowest BCUT2D eigenvalue weighted by atomic mass is 9.91. The Hall–Kier alpha value is -3.98. The molecule has 1 heterocycles. The number of unbranched alkanes of at least 4 members (excludes halogenated alkanes) is 7. The van der Waals surface area contributed by atoms with Gasteiger partial charge in [-0.05, 0) is 71.7 Å². The summed E-state index contributed by atoms with van der Waals surface area (Å²) >= 11 is 0. The highest BCUT2D eigenvalue weighted by Crippen LogP contribution is 2.40. The van der Waals surface area contributed by atoms with E-state index < -0.39 is 0 Å². The van der Waals surface area contributed by atoms with Crippen LogP contribution in [-0.4, -0.2) is 16.1 Å². The van der Waals surface area contributed by atoms with Crippen molar-refractivity contribution in [1.82, 2.24) is 4.57 Å². The Balaban J connectivity index is 1.77. The standard InChI is InChI=1S/C46H57NO2/c1-5-9-12-20-27-45(48)41-29-39-40-30-42(46(49)28-21-13-10-6-2)38(36-25-18-15-19-26-36)32-44(40)47(33-34(8-4)22-11-7-3)43(39)31-37(41)35-23-16-14-17-24-35/h14-19,23-26,29-32,34H,5-13,20-22,27-28,33H2,1-4H3. The number of Topliss-reactive ketones (excluding diaryl/α,β-unsaturated/α-hetero) is 2. The topological polar surface area (TPSA) is 39.1 Å². The van der Waals surface area contributed by atoms with E-state index in [0.717, 1.165) is 120 Å². The number of hydrogen-bond donors (Lipinski definition) is 0. The molecule has 0 saturated carbocycles. The molecule has 3 nitrogen and oxygen atoms in total. The summed E-state index contributed by atoms with van der Waals surface area (Å²) in [4.78, 5) is 28.1. The molecular formula is C46H57NO2. The van der Waals surface area contributed by atoms with Gasteiger partial charge in [0.05, 0.1) is 0 Å². The zero-order valence-corrected chi connectivity index (χ0v) is 30.5. The van der Waals surface area contributed by atoms with Gasteiger partial charge in [-0.25, -0.2) is 0 Å². The third-order valence-corrected chi connectivity index (χ3v) is 10.4. The van der Waals surface area contributed by atoms with Crippen LogP contribution >= 0.6 is 0 Å². The lowest BCUT2D eigenvalue weighted by molar-refractivity contribution is 0.0971. The van der Waals surface area contributed by atoms with E-state index in [4.69, 9.17) is 0 Å². The van der Waals surface area contributed by atoms with Crippen LogP contribution in [0.3, 0.4) is 0 Å². The second kappa shape index (κ2) is 18.1. The number of benzene rings is 4. The van der Waals surface area contributed by atoms with Crippen LogP contribution in [0.4, 0.5) is 0 Å². The monoisotopic (exact) mass is 655 g/mol. The summed E-state index contributed by atoms with van der Waals surface area (Å²) in [5, 5.41) is 2.16. The van der Waals surface area contributed by atoms with E-state index >= 15 is 0 Å². The quantitative estimate of drug-likeness (QED) is 0.0618. The van der Waals surface area contributed by atoms with Gasteiger partial charge in [0.1, 0.15) is 0 Å². The van der Waals surface area contributed by atoms with Crippen molar-refractivity contribution in [3.05, 3.63) is 96.1 Å². The fraction of sp³-hybridized carbons (Fsp3) is 0.435. The van der Waals surface area contributed by atoms with E-state index in [9.17, 15) is 9.59 Å². The average molecular weight is 656 g/mol. The molecular weight excluding hydrogens is 599 g/mol. The predicted octanol–water partition coefficient (Wildman–Crippen LogP) is 13.7. The van der Waals surface area contributed by atoms with Gasteiger partial charge in [0.2, 0.25) is 0 Å². The number of ketones is 2. The Bertz CT molecular complexity index is 1690. The van der Waals surface area contributed by atoms with Gasteiger partial charge in [-0.2, -0.15) is 0 Å². The highest BCUT2D eigenvalue weighted by Gasteiger charge is 2.23. The van der Waals surface area contributed by atoms with Crippen LogP contribution in [0.15, 0.2) is 84.9 Å². The van der Waals surface area contributed by atoms with Crippen molar-refractivity contribution in [2.45, 2.75) is 124 Å². The summed E-state index contributed by atoms with van der Waals surface area (Å²) in [6.07, 6.45) is 14.4. The first kappa shape index (κ1) is 36.3. The van der Waals surface area contributed by atoms with Gasteiger partial charge in [-0.15, -0.1) is 0 Å². The molecule has 0 aliphatic carbocycles. The van der Waals surface area contributed by atoms with Gasteiger partial charge < -0.3 is 4.57 Å². The van der Waals surface area contributed by atoms with E-state index in [2.05, 4.69) is 105 Å². The third kappa shape index (κ3) is 8.79. The van der Waals surface area contributed by atoms with Crippen LogP contribution in [0, 0.1) is 5.92 Å². The molecule has 1 unspecified atom stereocenters. The fourth-order valence-corrected chi connectivity index (χ4v) is 7.43. The second-order valence-corrected chi connectivity index (χ2v) is 14.1. The molecule has 0 bridgehead atoms. The van der Waals surface area contributed by atoms with Crippen molar-refractivity contribution in [3.63, 3.8) is 0 Å². The first-order valence-electron chi connectivity index (χ1n) is 19.3. The zero-order valence-electron chi connectivity index (χ0n) is 30.5. The lowest BCUT2D eigenvalue weighted by Gasteiger charge is -2.19. The van der Waals surface area contributed by atoms with Crippen molar-refractivity contribution < 1.29 is 9.59 Å². The Kier molecular flexibility index (Phi) is 13.4. The minimum atomic E-state index is 0.209. The Labute approximate surface area is 295 Å². The highest BCUT2D eigenvalue weighted by molar-refractivity contribution is 6.17. The Morgan fingerprint density at radius 2 is 1.00 bits per heavy atom. The minimum absolute atomic E-state index is 0.209. The molecule has 1 aromatic heterocycles. The first-order valence-corrected chi connectivity index (χ1v) is 19.3. The third-order valence-electron chi connectivity index (χ3n) is 10.4. The molecule has 0 saturated heterocycles. The van der Waals surface area contributed by atoms with Gasteiger partial charge in [0.15, 0.2) is 11.6 Å². The summed E-state index contributed by atoms with van der Waals surface area (Å²) < 4.78 is 2.51. The smallest absolute Gasteiger partial charge is 0.163 e. The van der Waals surface area contributed by atoms with Gasteiger partial charge in [-0.1, -0.05) is 146 Å². The molecule has 0 aliphatic heterocycles. The molecule has 0 fully saturated rings. The van der Waals surface area contributed by atoms with E-state index in [0.29, 0.717) is 18.8 Å². The van der Waals surface area contributed by atoms with E-state index in [1.807, 2.05) is 12.1 Å². The predicted molar refractivity (Wildman–Crippen MR) is 210 cm³/mol. The number of hydrogen-bond acceptors (Lipinski definition) is 2. The van der Waals surface area contributed by atoms with E-state index in [1.165, 1.54) is 19.3 Å². The largest absolute Gasteiger partial charge is 0.340 e. The van der Waals surface area contributed by atoms with Crippen LogP contribution in [0.5, 0.6) is 0 Å². The molecule has 0 radical (unpaired) electrons. The normalized spacial score (nSPS) is 12.2. The number of nitrogens with zero attached hydrogens (tertiary/aromatic N) is 1. The number of fused-ring (bicyclic) bond motifs is 3. The maximum atomic E-state index is 14.1. The van der Waals surface area contributed by atoms with Gasteiger partial charge >= 0.3 is 0 Å². The van der Waals surface area contributed by atoms with Crippen molar-refractivity contribution in [1.29, 1.82) is 0 Å². The average Bonchev–Trinajstić information content (AvgIpc) is 3.44. The van der Waals surface area contributed by atoms with E-state index in [-0.39, 0.29) is 11.6 Å². The number of aromatic nitrogens is 1. The summed E-state index contributed by atoms with van der Waals surface area (Å²) in [6.45, 7) is 9.90. The maximum Gasteiger partial charge on any atom is 0.163 e. The van der Waals surface area contributed by atoms with Crippen LogP contribution in [0.2, 0.25) is 0 Å².